The summed E-state index contributed by atoms with van der Waals surface area (Å²) in [4.78, 5) is 9.23. The molecule has 22 heavy (non-hydrogen) atoms. The Bertz CT molecular complexity index is 949. The second kappa shape index (κ2) is 5.13. The van der Waals surface area contributed by atoms with Crippen molar-refractivity contribution in [3.8, 4) is 5.69 Å². The van der Waals surface area contributed by atoms with Crippen LogP contribution < -0.4 is 5.30 Å². The predicted octanol–water partition coefficient (Wildman–Crippen LogP) is 3.88. The molecule has 0 aliphatic heterocycles. The smallest absolute Gasteiger partial charge is 0.218 e. The molecule has 3 nitrogen and oxygen atoms in total. The van der Waals surface area contributed by atoms with E-state index in [1.54, 1.807) is 12.1 Å². The molecule has 1 unspecified atom stereocenters. The Labute approximate surface area is 128 Å². The summed E-state index contributed by atoms with van der Waals surface area (Å²) >= 11 is 0. The molecule has 1 atom stereocenters. The van der Waals surface area contributed by atoms with E-state index in [0.29, 0.717) is 5.30 Å². The summed E-state index contributed by atoms with van der Waals surface area (Å²) in [6.07, 6.45) is 0. The molecule has 0 fully saturated rings. The quantitative estimate of drug-likeness (QED) is 0.571. The topological polar surface area (TPSA) is 42.2 Å². The number of para-hydroxylation sites is 2. The van der Waals surface area contributed by atoms with Gasteiger partial charge >= 0.3 is 0 Å². The number of benzene rings is 3. The van der Waals surface area contributed by atoms with Gasteiger partial charge in [0.25, 0.3) is 0 Å². The zero-order valence-corrected chi connectivity index (χ0v) is 12.7. The van der Waals surface area contributed by atoms with Crippen molar-refractivity contribution in [1.82, 2.24) is 4.57 Å². The number of hydrogen-bond acceptors (Lipinski definition) is 1. The van der Waals surface area contributed by atoms with Crippen LogP contribution >= 0.6 is 8.03 Å². The number of rotatable bonds is 2. The highest BCUT2D eigenvalue weighted by Gasteiger charge is 2.11. The monoisotopic (exact) mass is 307 g/mol. The van der Waals surface area contributed by atoms with Crippen molar-refractivity contribution in [2.75, 3.05) is 0 Å². The van der Waals surface area contributed by atoms with Crippen LogP contribution in [0.5, 0.6) is 0 Å². The van der Waals surface area contributed by atoms with Crippen LogP contribution in [0.2, 0.25) is 0 Å². The molecule has 0 aliphatic rings. The zero-order chi connectivity index (χ0) is 15.1. The van der Waals surface area contributed by atoms with E-state index < -0.39 is 8.03 Å². The highest BCUT2D eigenvalue weighted by molar-refractivity contribution is 7.47. The lowest BCUT2D eigenvalue weighted by Gasteiger charge is -2.08. The third kappa shape index (κ3) is 1.98. The fraction of sp³-hybridized carbons (Fsp3) is 0. The van der Waals surface area contributed by atoms with Gasteiger partial charge in [-0.25, -0.2) is 0 Å². The first-order valence-corrected chi connectivity index (χ1v) is 8.43. The molecule has 0 amide bonds. The lowest BCUT2D eigenvalue weighted by molar-refractivity contribution is 0.513. The Morgan fingerprint density at radius 3 is 1.73 bits per heavy atom. The summed E-state index contributed by atoms with van der Waals surface area (Å²) in [6.45, 7) is 0. The van der Waals surface area contributed by atoms with Crippen molar-refractivity contribution in [3.05, 3.63) is 72.8 Å². The number of hydrogen-bond donors (Lipinski definition) is 1. The summed E-state index contributed by atoms with van der Waals surface area (Å²) in [5, 5.41) is 2.89. The van der Waals surface area contributed by atoms with E-state index in [1.165, 1.54) is 10.8 Å². The van der Waals surface area contributed by atoms with Gasteiger partial charge in [-0.3, -0.25) is 4.57 Å². The van der Waals surface area contributed by atoms with E-state index in [-0.39, 0.29) is 0 Å². The predicted molar refractivity (Wildman–Crippen MR) is 91.6 cm³/mol. The Balaban J connectivity index is 2.06. The van der Waals surface area contributed by atoms with E-state index in [1.807, 2.05) is 36.4 Å². The normalized spacial score (nSPS) is 12.8. The van der Waals surface area contributed by atoms with Crippen molar-refractivity contribution >= 4 is 35.1 Å². The fourth-order valence-electron chi connectivity index (χ4n) is 2.95. The molecule has 0 aliphatic carbocycles. The third-order valence-electron chi connectivity index (χ3n) is 3.95. The van der Waals surface area contributed by atoms with E-state index in [2.05, 4.69) is 28.8 Å². The highest BCUT2D eigenvalue weighted by Crippen LogP contribution is 2.31. The van der Waals surface area contributed by atoms with Gasteiger partial charge in [0.2, 0.25) is 8.03 Å². The minimum absolute atomic E-state index is 0.481. The van der Waals surface area contributed by atoms with Crippen LogP contribution in [0.4, 0.5) is 0 Å². The van der Waals surface area contributed by atoms with Crippen LogP contribution in [0, 0.1) is 0 Å². The van der Waals surface area contributed by atoms with Crippen LogP contribution in [-0.4, -0.2) is 9.46 Å². The zero-order valence-electron chi connectivity index (χ0n) is 11.7. The number of fused-ring (bicyclic) bond motifs is 3. The molecule has 0 saturated heterocycles. The Hall–Kier alpha value is -2.35. The molecular formula is C18H14NO2P. The summed E-state index contributed by atoms with van der Waals surface area (Å²) < 4.78 is 13.4. The summed E-state index contributed by atoms with van der Waals surface area (Å²) in [6, 6.07) is 23.8. The third-order valence-corrected chi connectivity index (χ3v) is 4.78. The van der Waals surface area contributed by atoms with Gasteiger partial charge in [-0.1, -0.05) is 36.4 Å². The molecule has 4 rings (SSSR count). The van der Waals surface area contributed by atoms with Gasteiger partial charge in [-0.15, -0.1) is 0 Å². The number of aromatic nitrogens is 1. The van der Waals surface area contributed by atoms with Gasteiger partial charge in [0, 0.05) is 21.8 Å². The van der Waals surface area contributed by atoms with Crippen LogP contribution in [0.15, 0.2) is 72.8 Å². The molecule has 0 radical (unpaired) electrons. The molecule has 4 aromatic rings. The first kappa shape index (κ1) is 13.3. The van der Waals surface area contributed by atoms with Gasteiger partial charge < -0.3 is 9.46 Å². The molecule has 1 aromatic heterocycles. The van der Waals surface area contributed by atoms with Crippen molar-refractivity contribution in [1.29, 1.82) is 0 Å². The maximum atomic E-state index is 11.2. The SMILES string of the molecule is O=[PH](O)c1ccc(-n2c3ccccc3c3ccccc32)cc1. The minimum Gasteiger partial charge on any atom is -0.343 e. The largest absolute Gasteiger partial charge is 0.343 e. The summed E-state index contributed by atoms with van der Waals surface area (Å²) in [5.74, 6) is 0. The van der Waals surface area contributed by atoms with E-state index in [0.717, 1.165) is 16.7 Å². The van der Waals surface area contributed by atoms with Gasteiger partial charge in [0.1, 0.15) is 0 Å². The van der Waals surface area contributed by atoms with E-state index in [9.17, 15) is 9.46 Å². The van der Waals surface area contributed by atoms with E-state index >= 15 is 0 Å². The first-order chi connectivity index (χ1) is 10.8. The van der Waals surface area contributed by atoms with Crippen molar-refractivity contribution in [2.24, 2.45) is 0 Å². The molecule has 3 aromatic carbocycles. The molecule has 0 bridgehead atoms. The second-order valence-electron chi connectivity index (χ2n) is 5.22. The Morgan fingerprint density at radius 1 is 0.727 bits per heavy atom. The first-order valence-electron chi connectivity index (χ1n) is 7.07. The standard InChI is InChI=1S/C18H14NO2P/c20-22(21)14-11-9-13(10-12-14)19-17-7-3-1-5-15(17)16-6-2-4-8-18(16)19/h1-12,22H,(H,20,21). The molecule has 0 spiro atoms. The number of nitrogens with zero attached hydrogens (tertiary/aromatic N) is 1. The van der Waals surface area contributed by atoms with Crippen molar-refractivity contribution < 1.29 is 9.46 Å². The van der Waals surface area contributed by atoms with Crippen LogP contribution in [0.3, 0.4) is 0 Å². The lowest BCUT2D eigenvalue weighted by Crippen LogP contribution is -1.99. The van der Waals surface area contributed by atoms with Crippen molar-refractivity contribution in [3.63, 3.8) is 0 Å². The van der Waals surface area contributed by atoms with E-state index in [4.69, 9.17) is 0 Å². The molecular weight excluding hydrogens is 293 g/mol. The molecule has 1 heterocycles. The van der Waals surface area contributed by atoms with Crippen LogP contribution in [-0.2, 0) is 4.57 Å². The van der Waals surface area contributed by atoms with Gasteiger partial charge in [-0.05, 0) is 36.4 Å². The summed E-state index contributed by atoms with van der Waals surface area (Å²) in [7, 11) is -2.64. The highest BCUT2D eigenvalue weighted by atomic mass is 31.1. The Kier molecular flexibility index (Phi) is 3.11. The summed E-state index contributed by atoms with van der Waals surface area (Å²) in [5.41, 5.74) is 3.26. The fourth-order valence-corrected chi connectivity index (χ4v) is 3.41. The lowest BCUT2D eigenvalue weighted by atomic mass is 10.2. The second-order valence-corrected chi connectivity index (χ2v) is 6.41. The van der Waals surface area contributed by atoms with Gasteiger partial charge in [0.05, 0.1) is 11.0 Å². The maximum Gasteiger partial charge on any atom is 0.218 e. The van der Waals surface area contributed by atoms with Crippen LogP contribution in [0.1, 0.15) is 0 Å². The Morgan fingerprint density at radius 2 is 1.23 bits per heavy atom. The van der Waals surface area contributed by atoms with Gasteiger partial charge in [-0.2, -0.15) is 0 Å². The van der Waals surface area contributed by atoms with Crippen LogP contribution in [0.25, 0.3) is 27.5 Å². The molecule has 108 valence electrons. The van der Waals surface area contributed by atoms with Crippen molar-refractivity contribution in [2.45, 2.75) is 0 Å². The molecule has 0 saturated carbocycles. The minimum atomic E-state index is -2.64. The molecule has 1 N–H and O–H groups in total. The maximum absolute atomic E-state index is 11.2. The average Bonchev–Trinajstić information content (AvgIpc) is 2.89. The van der Waals surface area contributed by atoms with Gasteiger partial charge in [0.15, 0.2) is 0 Å². The molecule has 4 heteroatoms. The average molecular weight is 307 g/mol.